The van der Waals surface area contributed by atoms with Gasteiger partial charge in [-0.3, -0.25) is 0 Å². The van der Waals surface area contributed by atoms with Crippen molar-refractivity contribution in [1.29, 1.82) is 0 Å². The molecule has 0 heterocycles. The van der Waals surface area contributed by atoms with E-state index in [9.17, 15) is 4.79 Å². The summed E-state index contributed by atoms with van der Waals surface area (Å²) in [6, 6.07) is 0. The number of hydrogen-bond acceptors (Lipinski definition) is 6. The molecule has 0 radical (unpaired) electrons. The first-order chi connectivity index (χ1) is 7.27. The summed E-state index contributed by atoms with van der Waals surface area (Å²) in [6.45, 7) is -0.760. The van der Waals surface area contributed by atoms with Gasteiger partial charge in [-0.05, 0) is 0 Å². The van der Waals surface area contributed by atoms with E-state index in [1.54, 1.807) is 0 Å². The van der Waals surface area contributed by atoms with Crippen molar-refractivity contribution in [3.63, 3.8) is 0 Å². The van der Waals surface area contributed by atoms with Crippen molar-refractivity contribution < 1.29 is 45.5 Å². The normalized spacial score (nSPS) is 18.6. The Morgan fingerprint density at radius 3 is 1.69 bits per heavy atom. The Morgan fingerprint density at radius 1 is 1.06 bits per heavy atom. The molecule has 0 aromatic carbocycles. The van der Waals surface area contributed by atoms with Gasteiger partial charge in [0.1, 0.15) is 24.4 Å². The van der Waals surface area contributed by atoms with Gasteiger partial charge >= 0.3 is 42.8 Å². The summed E-state index contributed by atoms with van der Waals surface area (Å²) in [6.07, 6.45) is -6.84. The van der Waals surface area contributed by atoms with Crippen molar-refractivity contribution in [2.75, 3.05) is 6.61 Å². The quantitative estimate of drug-likeness (QED) is 0.245. The predicted molar refractivity (Wildman–Crippen MR) is 54.7 cm³/mol. The summed E-state index contributed by atoms with van der Waals surface area (Å²) >= 11 is -1.79. The average Bonchev–Trinajstić information content (AvgIpc) is 2.24. The van der Waals surface area contributed by atoms with Gasteiger partial charge < -0.3 is 30.3 Å². The number of aliphatic hydroxyl groups is 5. The van der Waals surface area contributed by atoms with Crippen LogP contribution in [-0.2, 0) is 20.0 Å². The monoisotopic (exact) mass is 482 g/mol. The SMILES string of the molecule is O=CC(O)C(O)C(O)C(O)CO.[Cl][Au]([Cl])[Cl]. The third kappa shape index (κ3) is 10.2. The van der Waals surface area contributed by atoms with Crippen LogP contribution >= 0.6 is 27.6 Å². The van der Waals surface area contributed by atoms with Crippen LogP contribution in [0.25, 0.3) is 0 Å². The Labute approximate surface area is 110 Å². The van der Waals surface area contributed by atoms with E-state index in [0.717, 1.165) is 0 Å². The third-order valence-electron chi connectivity index (χ3n) is 1.42. The molecular weight excluding hydrogens is 471 g/mol. The van der Waals surface area contributed by atoms with E-state index < -0.39 is 46.2 Å². The van der Waals surface area contributed by atoms with E-state index in [4.69, 9.17) is 53.1 Å². The summed E-state index contributed by atoms with van der Waals surface area (Å²) in [5.41, 5.74) is 0. The van der Waals surface area contributed by atoms with Crippen molar-refractivity contribution in [2.45, 2.75) is 24.4 Å². The van der Waals surface area contributed by atoms with E-state index in [-0.39, 0.29) is 6.29 Å². The standard InChI is InChI=1S/C6H12O6.Au.3ClH/c7-1-3(9)5(11)6(12)4(10)2-8;;;;/h1,3-6,8-12H,2H2;;3*1H/q;+3;;;/p-3. The van der Waals surface area contributed by atoms with Gasteiger partial charge in [-0.15, -0.1) is 0 Å². The van der Waals surface area contributed by atoms with E-state index in [0.29, 0.717) is 0 Å². The molecule has 6 nitrogen and oxygen atoms in total. The van der Waals surface area contributed by atoms with Crippen LogP contribution < -0.4 is 0 Å². The molecule has 0 saturated carbocycles. The molecule has 0 aromatic heterocycles. The summed E-state index contributed by atoms with van der Waals surface area (Å²) in [5, 5.41) is 43.5. The molecule has 16 heavy (non-hydrogen) atoms. The van der Waals surface area contributed by atoms with Crippen LogP contribution in [0.1, 0.15) is 0 Å². The molecule has 4 unspecified atom stereocenters. The average molecular weight is 483 g/mol. The molecular formula is C6H12AuCl3O6. The summed E-state index contributed by atoms with van der Waals surface area (Å²) in [4.78, 5) is 9.90. The number of hydrogen-bond donors (Lipinski definition) is 5. The van der Waals surface area contributed by atoms with Crippen LogP contribution in [0.15, 0.2) is 0 Å². The van der Waals surface area contributed by atoms with E-state index in [2.05, 4.69) is 0 Å². The zero-order chi connectivity index (χ0) is 13.3. The number of halogens is 3. The fraction of sp³-hybridized carbons (Fsp3) is 0.833. The predicted octanol–water partition coefficient (Wildman–Crippen LogP) is -1.31. The molecule has 0 amide bonds. The van der Waals surface area contributed by atoms with Crippen molar-refractivity contribution in [3.05, 3.63) is 0 Å². The number of aliphatic hydroxyl groups excluding tert-OH is 5. The second-order valence-electron chi connectivity index (χ2n) is 2.49. The molecule has 0 aliphatic rings. The molecule has 0 rings (SSSR count). The third-order valence-corrected chi connectivity index (χ3v) is 1.42. The van der Waals surface area contributed by atoms with E-state index in [1.165, 1.54) is 0 Å². The molecule has 104 valence electrons. The van der Waals surface area contributed by atoms with E-state index in [1.807, 2.05) is 0 Å². The molecule has 0 aliphatic heterocycles. The summed E-state index contributed by atoms with van der Waals surface area (Å²) in [7, 11) is 14.9. The fourth-order valence-electron chi connectivity index (χ4n) is 0.618. The Kier molecular flexibility index (Phi) is 13.6. The zero-order valence-corrected chi connectivity index (χ0v) is 12.1. The summed E-state index contributed by atoms with van der Waals surface area (Å²) in [5.74, 6) is 0. The zero-order valence-electron chi connectivity index (χ0n) is 7.67. The Balaban J connectivity index is 0. The van der Waals surface area contributed by atoms with Crippen molar-refractivity contribution in [2.24, 2.45) is 0 Å². The van der Waals surface area contributed by atoms with Gasteiger partial charge in [-0.25, -0.2) is 0 Å². The van der Waals surface area contributed by atoms with Crippen molar-refractivity contribution in [3.8, 4) is 0 Å². The van der Waals surface area contributed by atoms with Crippen LogP contribution in [0.2, 0.25) is 0 Å². The first kappa shape index (κ1) is 19.4. The van der Waals surface area contributed by atoms with Gasteiger partial charge in [0.2, 0.25) is 0 Å². The number of rotatable bonds is 5. The molecule has 0 aromatic rings. The van der Waals surface area contributed by atoms with Gasteiger partial charge in [-0.2, -0.15) is 0 Å². The Bertz CT molecular complexity index is 183. The maximum atomic E-state index is 9.90. The second kappa shape index (κ2) is 11.2. The number of carbonyl (C=O) groups excluding carboxylic acids is 1. The molecule has 5 N–H and O–H groups in total. The molecule has 10 heteroatoms. The van der Waals surface area contributed by atoms with Gasteiger partial charge in [0, 0.05) is 0 Å². The van der Waals surface area contributed by atoms with Gasteiger partial charge in [0.05, 0.1) is 6.61 Å². The Hall–Kier alpha value is 1.08. The first-order valence-corrected chi connectivity index (χ1v) is 11.7. The maximum absolute atomic E-state index is 9.90. The fourth-order valence-corrected chi connectivity index (χ4v) is 0.618. The summed E-state index contributed by atoms with van der Waals surface area (Å²) < 4.78 is 0. The Morgan fingerprint density at radius 2 is 1.44 bits per heavy atom. The minimum absolute atomic E-state index is 0.0258. The van der Waals surface area contributed by atoms with Crippen LogP contribution in [0.4, 0.5) is 0 Å². The molecule has 0 bridgehead atoms. The van der Waals surface area contributed by atoms with Gasteiger partial charge in [0.25, 0.3) is 0 Å². The molecule has 0 saturated heterocycles. The van der Waals surface area contributed by atoms with Gasteiger partial charge in [-0.1, -0.05) is 0 Å². The van der Waals surface area contributed by atoms with E-state index >= 15 is 0 Å². The van der Waals surface area contributed by atoms with Crippen molar-refractivity contribution in [1.82, 2.24) is 0 Å². The topological polar surface area (TPSA) is 118 Å². The molecule has 0 spiro atoms. The molecule has 0 fully saturated rings. The molecule has 4 atom stereocenters. The van der Waals surface area contributed by atoms with Gasteiger partial charge in [0.15, 0.2) is 6.29 Å². The van der Waals surface area contributed by atoms with Crippen LogP contribution in [0.3, 0.4) is 0 Å². The van der Waals surface area contributed by atoms with Crippen LogP contribution in [0.5, 0.6) is 0 Å². The molecule has 0 aliphatic carbocycles. The van der Waals surface area contributed by atoms with Crippen molar-refractivity contribution >= 4 is 33.9 Å². The van der Waals surface area contributed by atoms with Crippen LogP contribution in [0, 0.1) is 0 Å². The minimum atomic E-state index is -1.79. The number of carbonyl (C=O) groups is 1. The van der Waals surface area contributed by atoms with Crippen LogP contribution in [-0.4, -0.2) is 62.8 Å². The number of aldehydes is 1. The first-order valence-electron chi connectivity index (χ1n) is 3.67. The second-order valence-corrected chi connectivity index (χ2v) is 11.9.